The molecular formula is C15H21ClFNO. The molecular weight excluding hydrogens is 265 g/mol. The van der Waals surface area contributed by atoms with Crippen LogP contribution in [0.2, 0.25) is 5.02 Å². The third-order valence-corrected chi connectivity index (χ3v) is 4.73. The number of methoxy groups -OCH3 is 1. The molecule has 1 aliphatic rings. The van der Waals surface area contributed by atoms with Gasteiger partial charge >= 0.3 is 0 Å². The molecule has 0 radical (unpaired) electrons. The van der Waals surface area contributed by atoms with Crippen LogP contribution in [0.5, 0.6) is 0 Å². The van der Waals surface area contributed by atoms with E-state index in [0.29, 0.717) is 16.5 Å². The Kier molecular flexibility index (Phi) is 4.49. The van der Waals surface area contributed by atoms with Gasteiger partial charge in [-0.1, -0.05) is 18.5 Å². The Hall–Kier alpha value is -0.640. The Morgan fingerprint density at radius 3 is 2.63 bits per heavy atom. The van der Waals surface area contributed by atoms with Crippen LogP contribution in [-0.2, 0) is 4.74 Å². The van der Waals surface area contributed by atoms with Crippen LogP contribution in [0.4, 0.5) is 4.39 Å². The van der Waals surface area contributed by atoms with E-state index in [9.17, 15) is 4.39 Å². The number of nitrogens with two attached hydrogens (primary N) is 1. The molecule has 106 valence electrons. The number of rotatable bonds is 3. The number of benzene rings is 1. The molecule has 0 amide bonds. The molecule has 2 N–H and O–H groups in total. The molecule has 19 heavy (non-hydrogen) atoms. The minimum atomic E-state index is -0.427. The van der Waals surface area contributed by atoms with Crippen molar-refractivity contribution in [2.75, 3.05) is 7.11 Å². The molecule has 1 saturated carbocycles. The monoisotopic (exact) mass is 285 g/mol. The van der Waals surface area contributed by atoms with E-state index >= 15 is 0 Å². The summed E-state index contributed by atoms with van der Waals surface area (Å²) in [5, 5.41) is 0.504. The first-order valence-corrected chi connectivity index (χ1v) is 7.12. The van der Waals surface area contributed by atoms with Crippen LogP contribution >= 0.6 is 11.6 Å². The molecule has 1 atom stereocenters. The van der Waals surface area contributed by atoms with Crippen LogP contribution in [0.15, 0.2) is 18.2 Å². The van der Waals surface area contributed by atoms with Crippen LogP contribution < -0.4 is 5.73 Å². The van der Waals surface area contributed by atoms with E-state index in [2.05, 4.69) is 6.92 Å². The second-order valence-corrected chi connectivity index (χ2v) is 6.00. The molecule has 1 aliphatic carbocycles. The summed E-state index contributed by atoms with van der Waals surface area (Å²) >= 11 is 6.16. The first-order valence-electron chi connectivity index (χ1n) is 6.74. The zero-order chi connectivity index (χ0) is 14.0. The molecule has 0 saturated heterocycles. The summed E-state index contributed by atoms with van der Waals surface area (Å²) in [6.45, 7) is 2.24. The summed E-state index contributed by atoms with van der Waals surface area (Å²) in [5.74, 6) is 0.378. The lowest BCUT2D eigenvalue weighted by molar-refractivity contribution is -0.0672. The van der Waals surface area contributed by atoms with Crippen molar-refractivity contribution >= 4 is 11.6 Å². The number of hydrogen-bond acceptors (Lipinski definition) is 2. The average molecular weight is 286 g/mol. The molecule has 0 heterocycles. The summed E-state index contributed by atoms with van der Waals surface area (Å²) in [7, 11) is 1.68. The maximum atomic E-state index is 13.4. The molecule has 1 unspecified atom stereocenters. The second-order valence-electron chi connectivity index (χ2n) is 5.59. The Morgan fingerprint density at radius 1 is 1.42 bits per heavy atom. The molecule has 0 bridgehead atoms. The van der Waals surface area contributed by atoms with E-state index in [1.807, 2.05) is 0 Å². The highest BCUT2D eigenvalue weighted by Gasteiger charge is 2.41. The Morgan fingerprint density at radius 2 is 2.05 bits per heavy atom. The number of ether oxygens (including phenoxy) is 1. The highest BCUT2D eigenvalue weighted by molar-refractivity contribution is 6.31. The van der Waals surface area contributed by atoms with Gasteiger partial charge in [0.2, 0.25) is 0 Å². The van der Waals surface area contributed by atoms with Crippen molar-refractivity contribution in [1.29, 1.82) is 0 Å². The van der Waals surface area contributed by atoms with Gasteiger partial charge in [-0.05, 0) is 55.4 Å². The molecule has 4 heteroatoms. The predicted molar refractivity (Wildman–Crippen MR) is 75.7 cm³/mol. The second kappa shape index (κ2) is 5.78. The zero-order valence-corrected chi connectivity index (χ0v) is 12.2. The van der Waals surface area contributed by atoms with Gasteiger partial charge in [0.05, 0.1) is 11.6 Å². The first-order chi connectivity index (χ1) is 8.98. The third kappa shape index (κ3) is 2.93. The Labute approximate surface area is 119 Å². The van der Waals surface area contributed by atoms with Crippen molar-refractivity contribution in [2.45, 2.75) is 44.2 Å². The topological polar surface area (TPSA) is 35.2 Å². The smallest absolute Gasteiger partial charge is 0.123 e. The molecule has 0 aliphatic heterocycles. The molecule has 2 rings (SSSR count). The lowest BCUT2D eigenvalue weighted by Gasteiger charge is -2.42. The van der Waals surface area contributed by atoms with Gasteiger partial charge in [-0.3, -0.25) is 0 Å². The van der Waals surface area contributed by atoms with Gasteiger partial charge < -0.3 is 10.5 Å². The summed E-state index contributed by atoms with van der Waals surface area (Å²) in [5.41, 5.74) is 6.56. The van der Waals surface area contributed by atoms with Gasteiger partial charge in [-0.2, -0.15) is 0 Å². The summed E-state index contributed by atoms with van der Waals surface area (Å²) < 4.78 is 19.1. The van der Waals surface area contributed by atoms with Crippen molar-refractivity contribution in [3.8, 4) is 0 Å². The van der Waals surface area contributed by atoms with Crippen LogP contribution in [0, 0.1) is 11.7 Å². The molecule has 0 aromatic heterocycles. The van der Waals surface area contributed by atoms with E-state index in [1.54, 1.807) is 13.2 Å². The standard InChI is InChI=1S/C15H21ClFNO/c1-10-5-7-15(19-2,8-6-10)14(18)12-9-11(17)3-4-13(12)16/h3-4,9-10,14H,5-8,18H2,1-2H3. The molecule has 1 aromatic rings. The molecule has 0 spiro atoms. The summed E-state index contributed by atoms with van der Waals surface area (Å²) in [6.07, 6.45) is 3.93. The van der Waals surface area contributed by atoms with Crippen LogP contribution in [0.25, 0.3) is 0 Å². The van der Waals surface area contributed by atoms with E-state index in [0.717, 1.165) is 25.7 Å². The zero-order valence-electron chi connectivity index (χ0n) is 11.5. The van der Waals surface area contributed by atoms with Crippen molar-refractivity contribution < 1.29 is 9.13 Å². The van der Waals surface area contributed by atoms with Gasteiger partial charge in [0.15, 0.2) is 0 Å². The van der Waals surface area contributed by atoms with Crippen LogP contribution in [-0.4, -0.2) is 12.7 Å². The van der Waals surface area contributed by atoms with E-state index in [4.69, 9.17) is 22.1 Å². The summed E-state index contributed by atoms with van der Waals surface area (Å²) in [4.78, 5) is 0. The molecule has 1 fully saturated rings. The maximum Gasteiger partial charge on any atom is 0.123 e. The van der Waals surface area contributed by atoms with Crippen molar-refractivity contribution in [2.24, 2.45) is 11.7 Å². The van der Waals surface area contributed by atoms with Gasteiger partial charge in [-0.25, -0.2) is 4.39 Å². The fourth-order valence-electron chi connectivity index (χ4n) is 2.93. The minimum Gasteiger partial charge on any atom is -0.376 e. The van der Waals surface area contributed by atoms with Gasteiger partial charge in [0.25, 0.3) is 0 Å². The lowest BCUT2D eigenvalue weighted by Crippen LogP contribution is -2.45. The van der Waals surface area contributed by atoms with Crippen molar-refractivity contribution in [3.05, 3.63) is 34.6 Å². The van der Waals surface area contributed by atoms with Crippen LogP contribution in [0.3, 0.4) is 0 Å². The van der Waals surface area contributed by atoms with Gasteiger partial charge in [0.1, 0.15) is 5.82 Å². The first kappa shape index (κ1) is 14.8. The van der Waals surface area contributed by atoms with E-state index < -0.39 is 11.6 Å². The fraction of sp³-hybridized carbons (Fsp3) is 0.600. The van der Waals surface area contributed by atoms with Crippen LogP contribution in [0.1, 0.15) is 44.2 Å². The maximum absolute atomic E-state index is 13.4. The van der Waals surface area contributed by atoms with Gasteiger partial charge in [-0.15, -0.1) is 0 Å². The normalized spacial score (nSPS) is 29.2. The molecule has 1 aromatic carbocycles. The lowest BCUT2D eigenvalue weighted by atomic mass is 9.73. The Balaban J connectivity index is 2.30. The van der Waals surface area contributed by atoms with Crippen molar-refractivity contribution in [1.82, 2.24) is 0 Å². The largest absolute Gasteiger partial charge is 0.376 e. The fourth-order valence-corrected chi connectivity index (χ4v) is 3.16. The van der Waals surface area contributed by atoms with E-state index in [-0.39, 0.29) is 5.82 Å². The minimum absolute atomic E-state index is 0.315. The van der Waals surface area contributed by atoms with E-state index in [1.165, 1.54) is 12.1 Å². The quantitative estimate of drug-likeness (QED) is 0.908. The summed E-state index contributed by atoms with van der Waals surface area (Å²) in [6, 6.07) is 3.93. The highest BCUT2D eigenvalue weighted by atomic mass is 35.5. The number of hydrogen-bond donors (Lipinski definition) is 1. The number of halogens is 2. The Bertz CT molecular complexity index is 444. The van der Waals surface area contributed by atoms with Crippen molar-refractivity contribution in [3.63, 3.8) is 0 Å². The van der Waals surface area contributed by atoms with Gasteiger partial charge in [0, 0.05) is 12.1 Å². The highest BCUT2D eigenvalue weighted by Crippen LogP contribution is 2.43. The predicted octanol–water partition coefficient (Wildman–Crippen LogP) is 4.07. The molecule has 2 nitrogen and oxygen atoms in total. The third-order valence-electron chi connectivity index (χ3n) is 4.39. The average Bonchev–Trinajstić information content (AvgIpc) is 2.42. The SMILES string of the molecule is COC1(C(N)c2cc(F)ccc2Cl)CCC(C)CC1.